The Bertz CT molecular complexity index is 1250. The van der Waals surface area contributed by atoms with Gasteiger partial charge < -0.3 is 10.6 Å². The van der Waals surface area contributed by atoms with Gasteiger partial charge in [0.15, 0.2) is 0 Å². The number of benzene rings is 3. The predicted molar refractivity (Wildman–Crippen MR) is 134 cm³/mol. The number of nitrogen functional groups attached to an aromatic ring is 1. The van der Waals surface area contributed by atoms with Gasteiger partial charge in [-0.1, -0.05) is 54.1 Å². The number of hydrogen-bond donors (Lipinski definition) is 1. The Hall–Kier alpha value is -3.06. The van der Waals surface area contributed by atoms with E-state index in [1.54, 1.807) is 54.3 Å². The zero-order valence-corrected chi connectivity index (χ0v) is 20.6. The van der Waals surface area contributed by atoms with Gasteiger partial charge in [-0.2, -0.15) is 13.2 Å². The van der Waals surface area contributed by atoms with Crippen LogP contribution in [0, 0.1) is 6.92 Å². The van der Waals surface area contributed by atoms with Crippen molar-refractivity contribution in [2.24, 2.45) is 0 Å². The number of nitrogens with zero attached hydrogens (tertiary/aromatic N) is 1. The molecule has 0 saturated heterocycles. The second-order valence-corrected chi connectivity index (χ2v) is 9.79. The van der Waals surface area contributed by atoms with Gasteiger partial charge in [0.2, 0.25) is 0 Å². The summed E-state index contributed by atoms with van der Waals surface area (Å²) in [6.07, 6.45) is -2.36. The zero-order valence-electron chi connectivity index (χ0n) is 19.8. The van der Waals surface area contributed by atoms with Crippen LogP contribution < -0.4 is 5.73 Å². The first-order valence-electron chi connectivity index (χ1n) is 11.8. The summed E-state index contributed by atoms with van der Waals surface area (Å²) in [6.45, 7) is 2.09. The van der Waals surface area contributed by atoms with E-state index in [0.29, 0.717) is 45.8 Å². The Balaban J connectivity index is 1.59. The van der Waals surface area contributed by atoms with Crippen molar-refractivity contribution in [3.8, 4) is 0 Å². The molecule has 0 heterocycles. The standard InChI is InChI=1S/C28H27ClF4N2O/c1-18-24(15-23(29)16-25(18)34)26(36)35(13-10-19-4-2-5-22(14-19)28(31,32)33)17-20-6-8-21(9-7-20)27(30)11-3-12-27/h2,4-9,14-16H,3,10-13,17,34H2,1H3. The molecular weight excluding hydrogens is 492 g/mol. The Morgan fingerprint density at radius 1 is 1.06 bits per heavy atom. The number of rotatable bonds is 7. The largest absolute Gasteiger partial charge is 0.416 e. The van der Waals surface area contributed by atoms with Crippen molar-refractivity contribution >= 4 is 23.2 Å². The minimum atomic E-state index is -4.45. The van der Waals surface area contributed by atoms with Gasteiger partial charge in [0, 0.05) is 29.4 Å². The first kappa shape index (κ1) is 26.0. The van der Waals surface area contributed by atoms with Gasteiger partial charge in [0.1, 0.15) is 5.67 Å². The lowest BCUT2D eigenvalue weighted by molar-refractivity contribution is -0.137. The number of halogens is 5. The van der Waals surface area contributed by atoms with Crippen molar-refractivity contribution in [3.05, 3.63) is 99.1 Å². The number of nitrogens with two attached hydrogens (primary N) is 1. The molecule has 0 spiro atoms. The van der Waals surface area contributed by atoms with Crippen molar-refractivity contribution in [3.63, 3.8) is 0 Å². The molecule has 8 heteroatoms. The molecule has 3 nitrogen and oxygen atoms in total. The Labute approximate surface area is 212 Å². The summed E-state index contributed by atoms with van der Waals surface area (Å²) in [6, 6.07) is 15.3. The van der Waals surface area contributed by atoms with Gasteiger partial charge in [-0.15, -0.1) is 0 Å². The van der Waals surface area contributed by atoms with E-state index in [4.69, 9.17) is 17.3 Å². The molecule has 3 aromatic rings. The van der Waals surface area contributed by atoms with Crippen LogP contribution in [0.2, 0.25) is 5.02 Å². The molecule has 0 unspecified atom stereocenters. The van der Waals surface area contributed by atoms with Crippen LogP contribution in [0.5, 0.6) is 0 Å². The molecule has 4 rings (SSSR count). The summed E-state index contributed by atoms with van der Waals surface area (Å²) >= 11 is 6.15. The highest BCUT2D eigenvalue weighted by atomic mass is 35.5. The molecule has 1 amide bonds. The lowest BCUT2D eigenvalue weighted by atomic mass is 9.77. The van der Waals surface area contributed by atoms with Crippen LogP contribution in [-0.4, -0.2) is 17.4 Å². The highest BCUT2D eigenvalue weighted by Crippen LogP contribution is 2.45. The molecule has 36 heavy (non-hydrogen) atoms. The molecule has 0 aromatic heterocycles. The fourth-order valence-corrected chi connectivity index (χ4v) is 4.64. The lowest BCUT2D eigenvalue weighted by Gasteiger charge is -2.34. The van der Waals surface area contributed by atoms with Crippen molar-refractivity contribution in [1.29, 1.82) is 0 Å². The molecule has 190 valence electrons. The molecule has 1 fully saturated rings. The molecule has 3 aromatic carbocycles. The van der Waals surface area contributed by atoms with Gasteiger partial charge in [0.05, 0.1) is 5.56 Å². The highest BCUT2D eigenvalue weighted by Gasteiger charge is 2.38. The third-order valence-corrected chi connectivity index (χ3v) is 7.06. The molecule has 2 N–H and O–H groups in total. The van der Waals surface area contributed by atoms with Crippen LogP contribution >= 0.6 is 11.6 Å². The number of anilines is 1. The van der Waals surface area contributed by atoms with Gasteiger partial charge in [-0.3, -0.25) is 4.79 Å². The van der Waals surface area contributed by atoms with Gasteiger partial charge in [-0.25, -0.2) is 4.39 Å². The Kier molecular flexibility index (Phi) is 7.32. The summed E-state index contributed by atoms with van der Waals surface area (Å²) in [5.41, 5.74) is 7.15. The maximum atomic E-state index is 14.8. The maximum Gasteiger partial charge on any atom is 0.416 e. The summed E-state index contributed by atoms with van der Waals surface area (Å²) in [5.74, 6) is -0.335. The summed E-state index contributed by atoms with van der Waals surface area (Å²) < 4.78 is 54.2. The first-order chi connectivity index (χ1) is 17.0. The van der Waals surface area contributed by atoms with Crippen molar-refractivity contribution < 1.29 is 22.4 Å². The van der Waals surface area contributed by atoms with Crippen LogP contribution in [0.25, 0.3) is 0 Å². The van der Waals surface area contributed by atoms with Crippen LogP contribution in [0.4, 0.5) is 23.2 Å². The van der Waals surface area contributed by atoms with Gasteiger partial charge in [0.25, 0.3) is 5.91 Å². The SMILES string of the molecule is Cc1c(N)cc(Cl)cc1C(=O)N(CCc1cccc(C(F)(F)F)c1)Cc1ccc(C2(F)CCC2)cc1. The van der Waals surface area contributed by atoms with Gasteiger partial charge >= 0.3 is 6.18 Å². The van der Waals surface area contributed by atoms with Crippen molar-refractivity contribution in [1.82, 2.24) is 4.90 Å². The van der Waals surface area contributed by atoms with E-state index in [1.807, 2.05) is 0 Å². The second-order valence-electron chi connectivity index (χ2n) is 9.36. The topological polar surface area (TPSA) is 46.3 Å². The summed E-state index contributed by atoms with van der Waals surface area (Å²) in [4.78, 5) is 15.1. The van der Waals surface area contributed by atoms with Crippen LogP contribution in [0.3, 0.4) is 0 Å². The third-order valence-electron chi connectivity index (χ3n) is 6.85. The fourth-order valence-electron chi connectivity index (χ4n) is 4.42. The average Bonchev–Trinajstić information content (AvgIpc) is 2.82. The Morgan fingerprint density at radius 2 is 1.75 bits per heavy atom. The van der Waals surface area contributed by atoms with Crippen molar-refractivity contribution in [2.45, 2.75) is 51.0 Å². The molecular formula is C28H27ClF4N2O. The molecule has 0 atom stereocenters. The van der Waals surface area contributed by atoms with Crippen LogP contribution in [-0.2, 0) is 24.8 Å². The van der Waals surface area contributed by atoms with E-state index in [2.05, 4.69) is 0 Å². The maximum absolute atomic E-state index is 14.8. The van der Waals surface area contributed by atoms with Crippen LogP contribution in [0.15, 0.2) is 60.7 Å². The number of amides is 1. The second kappa shape index (κ2) is 10.1. The minimum absolute atomic E-state index is 0.167. The quantitative estimate of drug-likeness (QED) is 0.260. The first-order valence-corrected chi connectivity index (χ1v) is 12.1. The molecule has 1 saturated carbocycles. The van der Waals surface area contributed by atoms with Crippen LogP contribution in [0.1, 0.15) is 57.4 Å². The van der Waals surface area contributed by atoms with E-state index in [9.17, 15) is 22.4 Å². The summed E-state index contributed by atoms with van der Waals surface area (Å²) in [7, 11) is 0. The van der Waals surface area contributed by atoms with E-state index < -0.39 is 17.4 Å². The number of carbonyl (C=O) groups is 1. The zero-order chi connectivity index (χ0) is 26.1. The number of alkyl halides is 4. The lowest BCUT2D eigenvalue weighted by Crippen LogP contribution is -2.33. The van der Waals surface area contributed by atoms with E-state index in [0.717, 1.165) is 24.1 Å². The van der Waals surface area contributed by atoms with Crippen molar-refractivity contribution in [2.75, 3.05) is 12.3 Å². The number of hydrogen-bond acceptors (Lipinski definition) is 2. The molecule has 0 radical (unpaired) electrons. The third kappa shape index (κ3) is 5.67. The molecule has 0 bridgehead atoms. The molecule has 1 aliphatic rings. The predicted octanol–water partition coefficient (Wildman–Crippen LogP) is 7.48. The number of carbonyl (C=O) groups excluding carboxylic acids is 1. The normalized spacial score (nSPS) is 14.8. The van der Waals surface area contributed by atoms with E-state index >= 15 is 0 Å². The van der Waals surface area contributed by atoms with Gasteiger partial charge in [-0.05, 0) is 73.1 Å². The monoisotopic (exact) mass is 518 g/mol. The minimum Gasteiger partial charge on any atom is -0.398 e. The molecule has 0 aliphatic heterocycles. The van der Waals surface area contributed by atoms with E-state index in [-0.39, 0.29) is 25.4 Å². The Morgan fingerprint density at radius 3 is 2.36 bits per heavy atom. The average molecular weight is 519 g/mol. The fraction of sp³-hybridized carbons (Fsp3) is 0.321. The van der Waals surface area contributed by atoms with E-state index in [1.165, 1.54) is 6.07 Å². The summed E-state index contributed by atoms with van der Waals surface area (Å²) in [5, 5.41) is 0.317. The molecule has 1 aliphatic carbocycles. The smallest absolute Gasteiger partial charge is 0.398 e. The highest BCUT2D eigenvalue weighted by molar-refractivity contribution is 6.31.